The van der Waals surface area contributed by atoms with Crippen molar-refractivity contribution in [1.29, 1.82) is 0 Å². The van der Waals surface area contributed by atoms with E-state index in [1.165, 1.54) is 5.57 Å². The van der Waals surface area contributed by atoms with Crippen molar-refractivity contribution in [3.8, 4) is 0 Å². The minimum Gasteiger partial charge on any atom is -0.391 e. The van der Waals surface area contributed by atoms with E-state index >= 15 is 0 Å². The summed E-state index contributed by atoms with van der Waals surface area (Å²) in [5.41, 5.74) is 3.07. The van der Waals surface area contributed by atoms with Crippen LogP contribution in [0.25, 0.3) is 0 Å². The molecular weight excluding hydrogens is 367 g/mol. The number of rotatable bonds is 2. The van der Waals surface area contributed by atoms with Crippen molar-refractivity contribution in [3.05, 3.63) is 23.8 Å². The van der Waals surface area contributed by atoms with Gasteiger partial charge >= 0.3 is 0 Å². The molecule has 4 fully saturated rings. The smallest absolute Gasteiger partial charge is 0.173 e. The molecule has 5 aliphatic rings. The Morgan fingerprint density at radius 1 is 1.24 bits per heavy atom. The summed E-state index contributed by atoms with van der Waals surface area (Å²) in [5, 5.41) is 7.78. The van der Waals surface area contributed by atoms with E-state index in [1.54, 1.807) is 0 Å². The Bertz CT molecular complexity index is 799. The van der Waals surface area contributed by atoms with Gasteiger partial charge in [0.1, 0.15) is 6.10 Å². The Morgan fingerprint density at radius 3 is 2.83 bits per heavy atom. The summed E-state index contributed by atoms with van der Waals surface area (Å²) in [5.74, 6) is 0.881. The lowest BCUT2D eigenvalue weighted by Gasteiger charge is -2.57. The van der Waals surface area contributed by atoms with Gasteiger partial charge in [0.05, 0.1) is 5.71 Å². The minimum absolute atomic E-state index is 0.0483. The molecule has 1 heterocycles. The summed E-state index contributed by atoms with van der Waals surface area (Å²) in [4.78, 5) is 18.3. The van der Waals surface area contributed by atoms with Gasteiger partial charge in [-0.25, -0.2) is 4.39 Å². The number of carbonyl (C=O) groups is 1. The highest BCUT2D eigenvalue weighted by Crippen LogP contribution is 2.65. The van der Waals surface area contributed by atoms with Crippen LogP contribution in [0.1, 0.15) is 58.8 Å². The highest BCUT2D eigenvalue weighted by atomic mass is 19.1. The van der Waals surface area contributed by atoms with Crippen molar-refractivity contribution < 1.29 is 14.0 Å². The van der Waals surface area contributed by atoms with E-state index in [0.717, 1.165) is 62.9 Å². The maximum absolute atomic E-state index is 14.4. The van der Waals surface area contributed by atoms with Gasteiger partial charge in [0, 0.05) is 18.4 Å². The quantitative estimate of drug-likeness (QED) is 0.701. The second kappa shape index (κ2) is 6.76. The largest absolute Gasteiger partial charge is 0.391 e. The average Bonchev–Trinajstić information content (AvgIpc) is 3.29. The van der Waals surface area contributed by atoms with Crippen LogP contribution in [0.3, 0.4) is 0 Å². The molecule has 5 rings (SSSR count). The molecule has 1 saturated heterocycles. The molecule has 29 heavy (non-hydrogen) atoms. The molecule has 0 aromatic rings. The van der Waals surface area contributed by atoms with Crippen LogP contribution < -0.4 is 5.32 Å². The number of halogens is 1. The first-order chi connectivity index (χ1) is 13.8. The predicted molar refractivity (Wildman–Crippen MR) is 111 cm³/mol. The van der Waals surface area contributed by atoms with Crippen LogP contribution in [0, 0.1) is 28.6 Å². The highest BCUT2D eigenvalue weighted by Gasteiger charge is 2.62. The zero-order valence-electron chi connectivity index (χ0n) is 17.7. The van der Waals surface area contributed by atoms with Crippen LogP contribution in [0.4, 0.5) is 4.39 Å². The number of Topliss-reactive ketones (excluding diaryl/α,β-unsaturated/α-hetero) is 1. The van der Waals surface area contributed by atoms with Crippen molar-refractivity contribution in [2.45, 2.75) is 71.1 Å². The van der Waals surface area contributed by atoms with Crippen LogP contribution in [0.2, 0.25) is 0 Å². The second-order valence-electron chi connectivity index (χ2n) is 10.5. The molecule has 5 heteroatoms. The zero-order chi connectivity index (χ0) is 20.4. The lowest BCUT2D eigenvalue weighted by Crippen LogP contribution is -2.51. The van der Waals surface area contributed by atoms with E-state index in [4.69, 9.17) is 4.84 Å². The van der Waals surface area contributed by atoms with Crippen molar-refractivity contribution in [2.75, 3.05) is 13.1 Å². The third kappa shape index (κ3) is 2.87. The molecule has 3 saturated carbocycles. The maximum atomic E-state index is 14.4. The standard InChI is InChI=1S/C24H33FN2O2/c1-14-10-17-18(5-8-24(3)20(17)12-21(25)22(24)28)23(2)7-4-15(11-19(14)23)27-29-16-6-9-26-13-16/h11,16-18,20-21,26H,1,4-10,12-13H2,2-3H3. The number of nitrogens with zero attached hydrogens (tertiary/aromatic N) is 1. The van der Waals surface area contributed by atoms with Gasteiger partial charge in [-0.3, -0.25) is 4.79 Å². The molecule has 158 valence electrons. The van der Waals surface area contributed by atoms with E-state index in [9.17, 15) is 9.18 Å². The number of alkyl halides is 1. The molecule has 0 amide bonds. The monoisotopic (exact) mass is 400 g/mol. The number of hydrogen-bond acceptors (Lipinski definition) is 4. The minimum atomic E-state index is -1.27. The normalized spacial score (nSPS) is 48.2. The Kier molecular flexibility index (Phi) is 4.54. The molecule has 0 spiro atoms. The van der Waals surface area contributed by atoms with Crippen molar-refractivity contribution in [1.82, 2.24) is 5.32 Å². The van der Waals surface area contributed by atoms with Gasteiger partial charge in [0.25, 0.3) is 0 Å². The summed E-state index contributed by atoms with van der Waals surface area (Å²) in [6, 6.07) is 0. The molecule has 0 aromatic heterocycles. The number of fused-ring (bicyclic) bond motifs is 5. The molecule has 4 aliphatic carbocycles. The van der Waals surface area contributed by atoms with Gasteiger partial charge in [-0.15, -0.1) is 0 Å². The Balaban J connectivity index is 1.41. The second-order valence-corrected chi connectivity index (χ2v) is 10.5. The summed E-state index contributed by atoms with van der Waals surface area (Å²) in [7, 11) is 0. The third-order valence-electron chi connectivity index (χ3n) is 8.98. The Morgan fingerprint density at radius 2 is 2.07 bits per heavy atom. The van der Waals surface area contributed by atoms with E-state index < -0.39 is 11.6 Å². The van der Waals surface area contributed by atoms with Crippen molar-refractivity contribution in [2.24, 2.45) is 33.7 Å². The zero-order valence-corrected chi connectivity index (χ0v) is 17.7. The Hall–Kier alpha value is -1.49. The molecule has 7 atom stereocenters. The van der Waals surface area contributed by atoms with E-state index in [2.05, 4.69) is 30.1 Å². The van der Waals surface area contributed by atoms with Crippen LogP contribution in [0.5, 0.6) is 0 Å². The molecule has 1 N–H and O–H groups in total. The first kappa shape index (κ1) is 19.5. The highest BCUT2D eigenvalue weighted by molar-refractivity contribution is 5.97. The van der Waals surface area contributed by atoms with Gasteiger partial charge in [0.2, 0.25) is 0 Å². The van der Waals surface area contributed by atoms with Crippen molar-refractivity contribution >= 4 is 11.5 Å². The van der Waals surface area contributed by atoms with Crippen LogP contribution in [0.15, 0.2) is 29.0 Å². The molecule has 7 unspecified atom stereocenters. The van der Waals surface area contributed by atoms with Crippen LogP contribution in [-0.2, 0) is 9.63 Å². The summed E-state index contributed by atoms with van der Waals surface area (Å²) < 4.78 is 14.4. The molecule has 0 aromatic carbocycles. The van der Waals surface area contributed by atoms with E-state index in [-0.39, 0.29) is 23.2 Å². The number of oxime groups is 1. The number of hydrogen-bond donors (Lipinski definition) is 1. The summed E-state index contributed by atoms with van der Waals surface area (Å²) in [6.07, 6.45) is 7.20. The number of carbonyl (C=O) groups excluding carboxylic acids is 1. The summed E-state index contributed by atoms with van der Waals surface area (Å²) in [6.45, 7) is 10.7. The molecular formula is C24H33FN2O2. The maximum Gasteiger partial charge on any atom is 0.173 e. The fraction of sp³-hybridized carbons (Fsp3) is 0.750. The fourth-order valence-electron chi connectivity index (χ4n) is 7.26. The van der Waals surface area contributed by atoms with Crippen molar-refractivity contribution in [3.63, 3.8) is 0 Å². The molecule has 0 radical (unpaired) electrons. The van der Waals surface area contributed by atoms with Gasteiger partial charge in [-0.2, -0.15) is 0 Å². The lowest BCUT2D eigenvalue weighted by molar-refractivity contribution is -0.134. The first-order valence-corrected chi connectivity index (χ1v) is 11.3. The van der Waals surface area contributed by atoms with E-state index in [1.807, 2.05) is 6.92 Å². The van der Waals surface area contributed by atoms with Gasteiger partial charge < -0.3 is 10.2 Å². The predicted octanol–water partition coefficient (Wildman–Crippen LogP) is 4.37. The van der Waals surface area contributed by atoms with Crippen LogP contribution >= 0.6 is 0 Å². The first-order valence-electron chi connectivity index (χ1n) is 11.3. The fourth-order valence-corrected chi connectivity index (χ4v) is 7.26. The summed E-state index contributed by atoms with van der Waals surface area (Å²) >= 11 is 0. The lowest BCUT2D eigenvalue weighted by atomic mass is 9.47. The average molecular weight is 401 g/mol. The van der Waals surface area contributed by atoms with Crippen LogP contribution in [-0.4, -0.2) is 36.9 Å². The molecule has 0 bridgehead atoms. The van der Waals surface area contributed by atoms with E-state index in [0.29, 0.717) is 18.3 Å². The number of nitrogens with one attached hydrogen (secondary N) is 1. The number of allylic oxidation sites excluding steroid dienone is 3. The third-order valence-corrected chi connectivity index (χ3v) is 8.98. The topological polar surface area (TPSA) is 50.7 Å². The molecule has 4 nitrogen and oxygen atoms in total. The molecule has 1 aliphatic heterocycles. The van der Waals surface area contributed by atoms with Gasteiger partial charge in [0.15, 0.2) is 12.0 Å². The van der Waals surface area contributed by atoms with Gasteiger partial charge in [-0.05, 0) is 79.9 Å². The van der Waals surface area contributed by atoms with Gasteiger partial charge in [-0.1, -0.05) is 31.2 Å². The SMILES string of the molecule is C=C1CC2C3CC(F)C(=O)C3(C)CCC2C2(C)CCC(=NOC3CCNC3)C=C12. The number of ketones is 1. The Labute approximate surface area is 173 Å².